The Bertz CT molecular complexity index is 586. The molecule has 0 saturated carbocycles. The van der Waals surface area contributed by atoms with E-state index in [4.69, 9.17) is 16.3 Å². The minimum atomic E-state index is 0.621. The van der Waals surface area contributed by atoms with E-state index in [9.17, 15) is 0 Å². The van der Waals surface area contributed by atoms with Crippen LogP contribution in [0.1, 0.15) is 11.1 Å². The van der Waals surface area contributed by atoms with Gasteiger partial charge in [0.1, 0.15) is 11.5 Å². The van der Waals surface area contributed by atoms with Crippen molar-refractivity contribution in [3.63, 3.8) is 0 Å². The third-order valence-electron chi connectivity index (χ3n) is 2.70. The normalized spacial score (nSPS) is 10.5. The monoisotopic (exact) mass is 339 g/mol. The number of benzene rings is 2. The first-order valence-corrected chi connectivity index (χ1v) is 7.14. The lowest BCUT2D eigenvalue weighted by atomic mass is 10.2. The average molecular weight is 341 g/mol. The zero-order chi connectivity index (χ0) is 13.8. The third-order valence-corrected chi connectivity index (χ3v) is 3.49. The predicted molar refractivity (Wildman–Crippen MR) is 83.2 cm³/mol. The second-order valence-corrected chi connectivity index (χ2v) is 5.64. The molecule has 2 aromatic carbocycles. The summed E-state index contributed by atoms with van der Waals surface area (Å²) in [5, 5.41) is 3.75. The highest BCUT2D eigenvalue weighted by Gasteiger charge is 2.08. The van der Waals surface area contributed by atoms with Gasteiger partial charge in [-0.3, -0.25) is 0 Å². The summed E-state index contributed by atoms with van der Waals surface area (Å²) < 4.78 is 6.90. The first-order chi connectivity index (χ1) is 9.10. The summed E-state index contributed by atoms with van der Waals surface area (Å²) in [5.41, 5.74) is 2.20. The van der Waals surface area contributed by atoms with Crippen LogP contribution in [0.3, 0.4) is 0 Å². The predicted octanol–water partition coefficient (Wildman–Crippen LogP) is 4.92. The zero-order valence-corrected chi connectivity index (χ0v) is 13.2. The third kappa shape index (κ3) is 3.72. The first kappa shape index (κ1) is 14.4. The molecule has 1 N–H and O–H groups in total. The van der Waals surface area contributed by atoms with Crippen LogP contribution in [-0.2, 0) is 6.54 Å². The van der Waals surface area contributed by atoms with Crippen molar-refractivity contribution in [2.75, 3.05) is 7.05 Å². The Kier molecular flexibility index (Phi) is 4.86. The van der Waals surface area contributed by atoms with Gasteiger partial charge in [-0.25, -0.2) is 0 Å². The Morgan fingerprint density at radius 2 is 1.95 bits per heavy atom. The van der Waals surface area contributed by atoms with Gasteiger partial charge < -0.3 is 10.1 Å². The Labute approximate surface area is 126 Å². The summed E-state index contributed by atoms with van der Waals surface area (Å²) in [6, 6.07) is 11.7. The lowest BCUT2D eigenvalue weighted by molar-refractivity contribution is 0.474. The molecule has 2 rings (SSSR count). The molecule has 0 fully saturated rings. The maximum absolute atomic E-state index is 6.20. The molecule has 0 unspecified atom stereocenters. The first-order valence-electron chi connectivity index (χ1n) is 5.97. The largest absolute Gasteiger partial charge is 0.455 e. The van der Waals surface area contributed by atoms with Crippen LogP contribution in [0.25, 0.3) is 0 Å². The number of halogens is 2. The van der Waals surface area contributed by atoms with E-state index < -0.39 is 0 Å². The molecule has 0 radical (unpaired) electrons. The second-order valence-electron chi connectivity index (χ2n) is 4.32. The molecule has 0 aromatic heterocycles. The van der Waals surface area contributed by atoms with Crippen LogP contribution in [0.4, 0.5) is 0 Å². The summed E-state index contributed by atoms with van der Waals surface area (Å²) in [6.07, 6.45) is 0. The van der Waals surface area contributed by atoms with Gasteiger partial charge in [-0.1, -0.05) is 39.7 Å². The number of nitrogens with one attached hydrogen (secondary N) is 1. The van der Waals surface area contributed by atoms with E-state index >= 15 is 0 Å². The van der Waals surface area contributed by atoms with Gasteiger partial charge >= 0.3 is 0 Å². The number of aryl methyl sites for hydroxylation is 1. The van der Waals surface area contributed by atoms with Crippen LogP contribution in [-0.4, -0.2) is 7.05 Å². The molecule has 100 valence electrons. The molecular formula is C15H15BrClNO. The van der Waals surface area contributed by atoms with Crippen molar-refractivity contribution in [2.24, 2.45) is 0 Å². The van der Waals surface area contributed by atoms with Crippen LogP contribution in [0.15, 0.2) is 40.9 Å². The average Bonchev–Trinajstić information content (AvgIpc) is 2.36. The van der Waals surface area contributed by atoms with Gasteiger partial charge in [-0.15, -0.1) is 0 Å². The lowest BCUT2D eigenvalue weighted by Crippen LogP contribution is -2.06. The van der Waals surface area contributed by atoms with E-state index in [1.807, 2.05) is 50.4 Å². The van der Waals surface area contributed by atoms with Crippen molar-refractivity contribution >= 4 is 27.5 Å². The molecule has 0 heterocycles. The second kappa shape index (κ2) is 6.42. The van der Waals surface area contributed by atoms with E-state index in [1.54, 1.807) is 0 Å². The highest BCUT2D eigenvalue weighted by molar-refractivity contribution is 9.10. The van der Waals surface area contributed by atoms with E-state index in [0.717, 1.165) is 27.9 Å². The Morgan fingerprint density at radius 1 is 1.16 bits per heavy atom. The van der Waals surface area contributed by atoms with E-state index in [2.05, 4.69) is 21.2 Å². The molecule has 0 aliphatic heterocycles. The van der Waals surface area contributed by atoms with Crippen molar-refractivity contribution in [1.29, 1.82) is 0 Å². The van der Waals surface area contributed by atoms with Crippen molar-refractivity contribution in [2.45, 2.75) is 13.5 Å². The van der Waals surface area contributed by atoms with Crippen LogP contribution >= 0.6 is 27.5 Å². The summed E-state index contributed by atoms with van der Waals surface area (Å²) in [5.74, 6) is 1.47. The zero-order valence-electron chi connectivity index (χ0n) is 10.8. The van der Waals surface area contributed by atoms with Crippen LogP contribution in [0.5, 0.6) is 11.5 Å². The smallest absolute Gasteiger partial charge is 0.146 e. The molecule has 4 heteroatoms. The molecule has 0 aliphatic carbocycles. The highest BCUT2D eigenvalue weighted by Crippen LogP contribution is 2.33. The van der Waals surface area contributed by atoms with E-state index in [0.29, 0.717) is 10.8 Å². The standard InChI is InChI=1S/C15H15BrClNO/c1-10-3-6-14(13(17)7-10)19-15-8-12(16)5-4-11(15)9-18-2/h3-8,18H,9H2,1-2H3. The fraction of sp³-hybridized carbons (Fsp3) is 0.200. The van der Waals surface area contributed by atoms with E-state index in [-0.39, 0.29) is 0 Å². The molecule has 2 aromatic rings. The van der Waals surface area contributed by atoms with Gasteiger partial charge in [-0.05, 0) is 43.8 Å². The van der Waals surface area contributed by atoms with Crippen molar-refractivity contribution in [3.8, 4) is 11.5 Å². The van der Waals surface area contributed by atoms with Gasteiger partial charge in [0, 0.05) is 16.6 Å². The number of hydrogen-bond acceptors (Lipinski definition) is 2. The Morgan fingerprint density at radius 3 is 2.63 bits per heavy atom. The Balaban J connectivity index is 2.33. The molecule has 0 amide bonds. The molecule has 0 bridgehead atoms. The molecule has 19 heavy (non-hydrogen) atoms. The Hall–Kier alpha value is -1.03. The fourth-order valence-corrected chi connectivity index (χ4v) is 2.38. The number of rotatable bonds is 4. The van der Waals surface area contributed by atoms with Crippen molar-refractivity contribution < 1.29 is 4.74 Å². The SMILES string of the molecule is CNCc1ccc(Br)cc1Oc1ccc(C)cc1Cl. The lowest BCUT2D eigenvalue weighted by Gasteiger charge is -2.13. The van der Waals surface area contributed by atoms with Crippen molar-refractivity contribution in [3.05, 3.63) is 57.0 Å². The quantitative estimate of drug-likeness (QED) is 0.852. The molecule has 0 saturated heterocycles. The van der Waals surface area contributed by atoms with Gasteiger partial charge in [0.2, 0.25) is 0 Å². The van der Waals surface area contributed by atoms with Gasteiger partial charge in [-0.2, -0.15) is 0 Å². The van der Waals surface area contributed by atoms with Crippen molar-refractivity contribution in [1.82, 2.24) is 5.32 Å². The van der Waals surface area contributed by atoms with Crippen LogP contribution in [0, 0.1) is 6.92 Å². The maximum Gasteiger partial charge on any atom is 0.146 e. The van der Waals surface area contributed by atoms with Gasteiger partial charge in [0.25, 0.3) is 0 Å². The van der Waals surface area contributed by atoms with Gasteiger partial charge in [0.15, 0.2) is 0 Å². The number of ether oxygens (including phenoxy) is 1. The van der Waals surface area contributed by atoms with E-state index in [1.165, 1.54) is 0 Å². The molecule has 0 aliphatic rings. The molecular weight excluding hydrogens is 326 g/mol. The summed E-state index contributed by atoms with van der Waals surface area (Å²) in [6.45, 7) is 2.74. The summed E-state index contributed by atoms with van der Waals surface area (Å²) in [7, 11) is 1.91. The molecule has 0 atom stereocenters. The van der Waals surface area contributed by atoms with Gasteiger partial charge in [0.05, 0.1) is 5.02 Å². The fourth-order valence-electron chi connectivity index (χ4n) is 1.77. The topological polar surface area (TPSA) is 21.3 Å². The maximum atomic E-state index is 6.20. The highest BCUT2D eigenvalue weighted by atomic mass is 79.9. The molecule has 0 spiro atoms. The van der Waals surface area contributed by atoms with Crippen LogP contribution < -0.4 is 10.1 Å². The summed E-state index contributed by atoms with van der Waals surface area (Å²) in [4.78, 5) is 0. The minimum Gasteiger partial charge on any atom is -0.455 e. The minimum absolute atomic E-state index is 0.621. The van der Waals surface area contributed by atoms with Crippen LogP contribution in [0.2, 0.25) is 5.02 Å². The molecule has 2 nitrogen and oxygen atoms in total. The summed E-state index contributed by atoms with van der Waals surface area (Å²) >= 11 is 9.65. The number of hydrogen-bond donors (Lipinski definition) is 1.